The molecule has 5 heteroatoms. The molecule has 0 aliphatic rings. The molecule has 0 fully saturated rings. The summed E-state index contributed by atoms with van der Waals surface area (Å²) in [5.74, 6) is 0.432. The van der Waals surface area contributed by atoms with Crippen LogP contribution in [0.1, 0.15) is 5.56 Å². The number of hydrogen-bond donors (Lipinski definition) is 1. The van der Waals surface area contributed by atoms with Crippen LogP contribution in [0.15, 0.2) is 41.1 Å². The maximum atomic E-state index is 12.9. The predicted octanol–water partition coefficient (Wildman–Crippen LogP) is 3.60. The number of anilines is 1. The maximum Gasteiger partial charge on any atom is 0.143 e. The van der Waals surface area contributed by atoms with Crippen molar-refractivity contribution in [1.82, 2.24) is 4.98 Å². The minimum atomic E-state index is -0.351. The lowest BCUT2D eigenvalue weighted by Gasteiger charge is -2.08. The highest BCUT2D eigenvalue weighted by Crippen LogP contribution is 2.25. The zero-order chi connectivity index (χ0) is 13.0. The highest BCUT2D eigenvalue weighted by molar-refractivity contribution is 9.10. The number of nitrogens with one attached hydrogen (secondary N) is 1. The van der Waals surface area contributed by atoms with Gasteiger partial charge in [-0.25, -0.2) is 4.39 Å². The van der Waals surface area contributed by atoms with Gasteiger partial charge in [0.05, 0.1) is 29.7 Å². The van der Waals surface area contributed by atoms with Crippen molar-refractivity contribution in [3.8, 4) is 5.75 Å². The normalized spacial score (nSPS) is 10.2. The molecule has 0 saturated heterocycles. The van der Waals surface area contributed by atoms with Crippen LogP contribution >= 0.6 is 15.9 Å². The van der Waals surface area contributed by atoms with Gasteiger partial charge in [-0.1, -0.05) is 6.07 Å². The minimum Gasteiger partial charge on any atom is -0.496 e. The fourth-order valence-corrected chi connectivity index (χ4v) is 2.12. The van der Waals surface area contributed by atoms with E-state index in [1.54, 1.807) is 13.3 Å². The summed E-state index contributed by atoms with van der Waals surface area (Å²) in [5, 5.41) is 3.10. The highest BCUT2D eigenvalue weighted by atomic mass is 79.9. The molecule has 3 nitrogen and oxygen atoms in total. The topological polar surface area (TPSA) is 34.1 Å². The van der Waals surface area contributed by atoms with Crippen molar-refractivity contribution in [2.24, 2.45) is 0 Å². The first-order valence-electron chi connectivity index (χ1n) is 5.36. The van der Waals surface area contributed by atoms with Crippen LogP contribution in [-0.4, -0.2) is 12.1 Å². The van der Waals surface area contributed by atoms with Gasteiger partial charge in [-0.2, -0.15) is 0 Å². The number of aromatic nitrogens is 1. The summed E-state index contributed by atoms with van der Waals surface area (Å²) in [6, 6.07) is 7.19. The fraction of sp³-hybridized carbons (Fsp3) is 0.154. The summed E-state index contributed by atoms with van der Waals surface area (Å²) in [6.45, 7) is 0.591. The Morgan fingerprint density at radius 2 is 2.17 bits per heavy atom. The standard InChI is InChI=1S/C13H12BrFN2O/c1-18-13-3-2-9(4-12(13)14)6-17-11-5-10(15)7-16-8-11/h2-5,7-8,17H,6H2,1H3. The molecule has 0 unspecified atom stereocenters. The van der Waals surface area contributed by atoms with E-state index >= 15 is 0 Å². The molecule has 2 rings (SSSR count). The van der Waals surface area contributed by atoms with E-state index in [9.17, 15) is 4.39 Å². The minimum absolute atomic E-state index is 0.351. The van der Waals surface area contributed by atoms with Crippen molar-refractivity contribution >= 4 is 21.6 Å². The number of rotatable bonds is 4. The van der Waals surface area contributed by atoms with E-state index < -0.39 is 0 Å². The van der Waals surface area contributed by atoms with Crippen LogP contribution in [0.25, 0.3) is 0 Å². The number of nitrogens with zero attached hydrogens (tertiary/aromatic N) is 1. The van der Waals surface area contributed by atoms with Crippen molar-refractivity contribution in [2.75, 3.05) is 12.4 Å². The van der Waals surface area contributed by atoms with Crippen LogP contribution in [0.3, 0.4) is 0 Å². The zero-order valence-corrected chi connectivity index (χ0v) is 11.4. The fourth-order valence-electron chi connectivity index (χ4n) is 1.53. The van der Waals surface area contributed by atoms with Crippen LogP contribution in [-0.2, 0) is 6.54 Å². The third kappa shape index (κ3) is 3.20. The average Bonchev–Trinajstić information content (AvgIpc) is 2.37. The van der Waals surface area contributed by atoms with Gasteiger partial charge in [0.25, 0.3) is 0 Å². The third-order valence-corrected chi connectivity index (χ3v) is 3.04. The molecule has 0 aliphatic carbocycles. The van der Waals surface area contributed by atoms with Gasteiger partial charge < -0.3 is 10.1 Å². The van der Waals surface area contributed by atoms with E-state index in [4.69, 9.17) is 4.74 Å². The zero-order valence-electron chi connectivity index (χ0n) is 9.78. The Hall–Kier alpha value is -1.62. The Morgan fingerprint density at radius 1 is 1.33 bits per heavy atom. The molecule has 0 bridgehead atoms. The maximum absolute atomic E-state index is 12.9. The van der Waals surface area contributed by atoms with Crippen molar-refractivity contribution in [3.63, 3.8) is 0 Å². The van der Waals surface area contributed by atoms with E-state index in [0.29, 0.717) is 12.2 Å². The van der Waals surface area contributed by atoms with Crippen molar-refractivity contribution in [3.05, 3.63) is 52.5 Å². The molecule has 2 aromatic rings. The first-order chi connectivity index (χ1) is 8.69. The van der Waals surface area contributed by atoms with Gasteiger partial charge in [0.15, 0.2) is 0 Å². The first kappa shape index (κ1) is 12.8. The molecule has 0 saturated carbocycles. The van der Waals surface area contributed by atoms with Crippen molar-refractivity contribution < 1.29 is 9.13 Å². The van der Waals surface area contributed by atoms with Gasteiger partial charge >= 0.3 is 0 Å². The van der Waals surface area contributed by atoms with Crippen LogP contribution in [0.2, 0.25) is 0 Å². The van der Waals surface area contributed by atoms with Crippen LogP contribution in [0, 0.1) is 5.82 Å². The second-order valence-corrected chi connectivity index (χ2v) is 4.57. The molecule has 0 amide bonds. The lowest BCUT2D eigenvalue weighted by atomic mass is 10.2. The number of halogens is 2. The Balaban J connectivity index is 2.04. The molecule has 94 valence electrons. The summed E-state index contributed by atoms with van der Waals surface area (Å²) >= 11 is 3.42. The van der Waals surface area contributed by atoms with Crippen LogP contribution in [0.4, 0.5) is 10.1 Å². The molecule has 1 aromatic carbocycles. The van der Waals surface area contributed by atoms with Crippen LogP contribution < -0.4 is 10.1 Å². The first-order valence-corrected chi connectivity index (χ1v) is 6.15. The van der Waals surface area contributed by atoms with E-state index in [2.05, 4.69) is 26.2 Å². The summed E-state index contributed by atoms with van der Waals surface area (Å²) in [5.41, 5.74) is 1.72. The number of pyridine rings is 1. The van der Waals surface area contributed by atoms with Gasteiger partial charge in [0.2, 0.25) is 0 Å². The number of ether oxygens (including phenoxy) is 1. The quantitative estimate of drug-likeness (QED) is 0.937. The number of benzene rings is 1. The lowest BCUT2D eigenvalue weighted by molar-refractivity contribution is 0.412. The van der Waals surface area contributed by atoms with Gasteiger partial charge in [-0.15, -0.1) is 0 Å². The summed E-state index contributed by atoms with van der Waals surface area (Å²) < 4.78 is 19.0. The molecular formula is C13H12BrFN2O. The van der Waals surface area contributed by atoms with E-state index in [1.165, 1.54) is 12.3 Å². The highest BCUT2D eigenvalue weighted by Gasteiger charge is 2.02. The number of hydrogen-bond acceptors (Lipinski definition) is 3. The Morgan fingerprint density at radius 3 is 2.83 bits per heavy atom. The van der Waals surface area contributed by atoms with Gasteiger partial charge in [-0.05, 0) is 33.6 Å². The van der Waals surface area contributed by atoms with E-state index in [0.717, 1.165) is 15.8 Å². The van der Waals surface area contributed by atoms with Crippen molar-refractivity contribution in [2.45, 2.75) is 6.54 Å². The SMILES string of the molecule is COc1ccc(CNc2cncc(F)c2)cc1Br. The second-order valence-electron chi connectivity index (χ2n) is 3.71. The van der Waals surface area contributed by atoms with Gasteiger partial charge in [0.1, 0.15) is 11.6 Å². The monoisotopic (exact) mass is 310 g/mol. The van der Waals surface area contributed by atoms with E-state index in [1.807, 2.05) is 18.2 Å². The Labute approximate surface area is 113 Å². The second kappa shape index (κ2) is 5.82. The third-order valence-electron chi connectivity index (χ3n) is 2.42. The molecule has 1 N–H and O–H groups in total. The molecule has 0 atom stereocenters. The summed E-state index contributed by atoms with van der Waals surface area (Å²) in [7, 11) is 1.62. The lowest BCUT2D eigenvalue weighted by Crippen LogP contribution is -2.00. The Kier molecular flexibility index (Phi) is 4.15. The predicted molar refractivity (Wildman–Crippen MR) is 72.2 cm³/mol. The van der Waals surface area contributed by atoms with Gasteiger partial charge in [0, 0.05) is 12.6 Å². The van der Waals surface area contributed by atoms with E-state index in [-0.39, 0.29) is 5.82 Å². The number of methoxy groups -OCH3 is 1. The average molecular weight is 311 g/mol. The van der Waals surface area contributed by atoms with Crippen LogP contribution in [0.5, 0.6) is 5.75 Å². The molecule has 0 spiro atoms. The van der Waals surface area contributed by atoms with Gasteiger partial charge in [-0.3, -0.25) is 4.98 Å². The summed E-state index contributed by atoms with van der Waals surface area (Å²) in [4.78, 5) is 3.77. The molecular weight excluding hydrogens is 299 g/mol. The Bertz CT molecular complexity index is 548. The molecule has 0 aliphatic heterocycles. The molecule has 1 aromatic heterocycles. The molecule has 1 heterocycles. The molecule has 0 radical (unpaired) electrons. The van der Waals surface area contributed by atoms with Crippen molar-refractivity contribution in [1.29, 1.82) is 0 Å². The largest absolute Gasteiger partial charge is 0.496 e. The summed E-state index contributed by atoms with van der Waals surface area (Å²) in [6.07, 6.45) is 2.76. The smallest absolute Gasteiger partial charge is 0.143 e. The molecule has 18 heavy (non-hydrogen) atoms.